The monoisotopic (exact) mass is 441 g/mol. The van der Waals surface area contributed by atoms with E-state index in [4.69, 9.17) is 0 Å². The molecule has 2 amide bonds. The average Bonchev–Trinajstić information content (AvgIpc) is 3.14. The van der Waals surface area contributed by atoms with Crippen molar-refractivity contribution in [2.24, 2.45) is 0 Å². The Morgan fingerprint density at radius 2 is 1.83 bits per heavy atom. The molecule has 1 aromatic heterocycles. The number of anilines is 1. The van der Waals surface area contributed by atoms with Crippen molar-refractivity contribution < 1.29 is 31.5 Å². The summed E-state index contributed by atoms with van der Waals surface area (Å²) in [7, 11) is 0. The van der Waals surface area contributed by atoms with E-state index < -0.39 is 47.3 Å². The van der Waals surface area contributed by atoms with E-state index in [9.17, 15) is 31.5 Å². The third-order valence-corrected chi connectivity index (χ3v) is 4.58. The molecule has 0 aliphatic carbocycles. The van der Waals surface area contributed by atoms with Crippen molar-refractivity contribution in [2.75, 3.05) is 11.9 Å². The van der Waals surface area contributed by atoms with Gasteiger partial charge in [0.2, 0.25) is 5.91 Å². The normalized spacial score (nSPS) is 11.2. The Bertz CT molecular complexity index is 1100. The smallest absolute Gasteiger partial charge is 0.343 e. The lowest BCUT2D eigenvalue weighted by atomic mass is 10.1. The zero-order chi connectivity index (χ0) is 21.9. The van der Waals surface area contributed by atoms with Crippen molar-refractivity contribution in [1.29, 1.82) is 0 Å². The van der Waals surface area contributed by atoms with Crippen LogP contribution in [0.25, 0.3) is 11.3 Å². The lowest BCUT2D eigenvalue weighted by Crippen LogP contribution is -2.33. The number of amides is 2. The second-order valence-corrected chi connectivity index (χ2v) is 6.83. The molecule has 0 atom stereocenters. The molecular formula is C19H12F5N3O2S. The number of hydrogen-bond donors (Lipinski definition) is 2. The molecular weight excluding hydrogens is 429 g/mol. The molecule has 11 heteroatoms. The van der Waals surface area contributed by atoms with E-state index in [1.54, 1.807) is 0 Å². The molecule has 0 aliphatic rings. The number of nitrogens with one attached hydrogen (secondary N) is 2. The molecule has 30 heavy (non-hydrogen) atoms. The zero-order valence-electron chi connectivity index (χ0n) is 14.9. The summed E-state index contributed by atoms with van der Waals surface area (Å²) in [4.78, 5) is 27.9. The first-order valence-electron chi connectivity index (χ1n) is 8.30. The van der Waals surface area contributed by atoms with Crippen LogP contribution in [0.3, 0.4) is 0 Å². The molecule has 0 unspecified atom stereocenters. The molecule has 156 valence electrons. The van der Waals surface area contributed by atoms with Crippen LogP contribution in [0, 0.1) is 11.6 Å². The minimum Gasteiger partial charge on any atom is -0.343 e. The number of carbonyl (C=O) groups excluding carboxylic acids is 2. The maximum absolute atomic E-state index is 13.6. The number of thiazole rings is 1. The van der Waals surface area contributed by atoms with Gasteiger partial charge in [0, 0.05) is 17.0 Å². The summed E-state index contributed by atoms with van der Waals surface area (Å²) in [5, 5.41) is 6.14. The Morgan fingerprint density at radius 3 is 2.53 bits per heavy atom. The number of benzene rings is 2. The van der Waals surface area contributed by atoms with Crippen LogP contribution in [0.2, 0.25) is 0 Å². The quantitative estimate of drug-likeness (QED) is 0.574. The Kier molecular flexibility index (Phi) is 6.11. The average molecular weight is 441 g/mol. The van der Waals surface area contributed by atoms with Crippen LogP contribution in [-0.4, -0.2) is 23.3 Å². The van der Waals surface area contributed by atoms with Gasteiger partial charge in [-0.15, -0.1) is 11.3 Å². The van der Waals surface area contributed by atoms with Gasteiger partial charge in [-0.2, -0.15) is 13.2 Å². The molecule has 0 fully saturated rings. The van der Waals surface area contributed by atoms with Crippen LogP contribution in [0.15, 0.2) is 47.8 Å². The van der Waals surface area contributed by atoms with E-state index in [2.05, 4.69) is 15.6 Å². The summed E-state index contributed by atoms with van der Waals surface area (Å²) in [5.41, 5.74) is -0.792. The van der Waals surface area contributed by atoms with Gasteiger partial charge in [0.05, 0.1) is 23.4 Å². The van der Waals surface area contributed by atoms with Gasteiger partial charge >= 0.3 is 6.18 Å². The van der Waals surface area contributed by atoms with Crippen LogP contribution < -0.4 is 10.6 Å². The fourth-order valence-electron chi connectivity index (χ4n) is 2.41. The predicted molar refractivity (Wildman–Crippen MR) is 99.9 cm³/mol. The third kappa shape index (κ3) is 5.17. The first kappa shape index (κ1) is 21.4. The summed E-state index contributed by atoms with van der Waals surface area (Å²) in [6, 6.07) is 6.97. The second kappa shape index (κ2) is 8.57. The number of rotatable bonds is 5. The molecule has 0 radical (unpaired) electrons. The molecule has 0 aliphatic heterocycles. The fraction of sp³-hybridized carbons (Fsp3) is 0.105. The van der Waals surface area contributed by atoms with Crippen LogP contribution in [0.1, 0.15) is 15.9 Å². The molecule has 0 saturated carbocycles. The SMILES string of the molecule is O=C(CNC(=O)c1ccc(F)cc1F)Nc1nc(-c2cccc(C(F)(F)F)c2)cs1. The van der Waals surface area contributed by atoms with Crippen molar-refractivity contribution in [1.82, 2.24) is 10.3 Å². The first-order valence-corrected chi connectivity index (χ1v) is 9.18. The number of halogens is 5. The Hall–Kier alpha value is -3.34. The minimum absolute atomic E-state index is 0.106. The van der Waals surface area contributed by atoms with Crippen LogP contribution >= 0.6 is 11.3 Å². The largest absolute Gasteiger partial charge is 0.416 e. The van der Waals surface area contributed by atoms with Crippen molar-refractivity contribution in [3.63, 3.8) is 0 Å². The van der Waals surface area contributed by atoms with E-state index in [0.29, 0.717) is 6.07 Å². The zero-order valence-corrected chi connectivity index (χ0v) is 15.7. The molecule has 0 spiro atoms. The number of hydrogen-bond acceptors (Lipinski definition) is 4. The number of carbonyl (C=O) groups is 2. The van der Waals surface area contributed by atoms with Gasteiger partial charge in [-0.05, 0) is 24.3 Å². The van der Waals surface area contributed by atoms with Gasteiger partial charge in [0.15, 0.2) is 5.13 Å². The van der Waals surface area contributed by atoms with Gasteiger partial charge in [-0.3, -0.25) is 9.59 Å². The first-order chi connectivity index (χ1) is 14.1. The molecule has 0 saturated heterocycles. The summed E-state index contributed by atoms with van der Waals surface area (Å²) < 4.78 is 64.9. The highest BCUT2D eigenvalue weighted by atomic mass is 32.1. The Balaban J connectivity index is 1.61. The highest BCUT2D eigenvalue weighted by molar-refractivity contribution is 7.14. The molecule has 3 rings (SSSR count). The summed E-state index contributed by atoms with van der Waals surface area (Å²) in [6.07, 6.45) is -4.49. The maximum Gasteiger partial charge on any atom is 0.416 e. The van der Waals surface area contributed by atoms with Gasteiger partial charge in [-0.25, -0.2) is 13.8 Å². The topological polar surface area (TPSA) is 71.1 Å². The number of nitrogens with zero attached hydrogens (tertiary/aromatic N) is 1. The van der Waals surface area contributed by atoms with Crippen LogP contribution in [0.4, 0.5) is 27.1 Å². The highest BCUT2D eigenvalue weighted by Gasteiger charge is 2.30. The van der Waals surface area contributed by atoms with Crippen molar-refractivity contribution >= 4 is 28.3 Å². The molecule has 0 bridgehead atoms. The van der Waals surface area contributed by atoms with E-state index >= 15 is 0 Å². The van der Waals surface area contributed by atoms with Gasteiger partial charge < -0.3 is 10.6 Å². The second-order valence-electron chi connectivity index (χ2n) is 5.97. The predicted octanol–water partition coefficient (Wildman–Crippen LogP) is 4.48. The Morgan fingerprint density at radius 1 is 1.07 bits per heavy atom. The molecule has 3 aromatic rings. The van der Waals surface area contributed by atoms with Gasteiger partial charge in [0.1, 0.15) is 11.6 Å². The van der Waals surface area contributed by atoms with Crippen LogP contribution in [0.5, 0.6) is 0 Å². The number of aromatic nitrogens is 1. The lowest BCUT2D eigenvalue weighted by molar-refractivity contribution is -0.137. The lowest BCUT2D eigenvalue weighted by Gasteiger charge is -2.07. The standard InChI is InChI=1S/C19H12F5N3O2S/c20-12-4-5-13(14(21)7-12)17(29)25-8-16(28)27-18-26-15(9-30-18)10-2-1-3-11(6-10)19(22,23)24/h1-7,9H,8H2,(H,25,29)(H,26,27,28). The highest BCUT2D eigenvalue weighted by Crippen LogP contribution is 2.33. The summed E-state index contributed by atoms with van der Waals surface area (Å²) in [5.74, 6) is -3.51. The van der Waals surface area contributed by atoms with Gasteiger partial charge in [-0.1, -0.05) is 12.1 Å². The van der Waals surface area contributed by atoms with E-state index in [0.717, 1.165) is 35.6 Å². The Labute approximate surface area is 170 Å². The molecule has 2 aromatic carbocycles. The fourth-order valence-corrected chi connectivity index (χ4v) is 3.15. The van der Waals surface area contributed by atoms with E-state index in [1.165, 1.54) is 17.5 Å². The van der Waals surface area contributed by atoms with Crippen molar-refractivity contribution in [2.45, 2.75) is 6.18 Å². The van der Waals surface area contributed by atoms with Gasteiger partial charge in [0.25, 0.3) is 5.91 Å². The molecule has 5 nitrogen and oxygen atoms in total. The van der Waals surface area contributed by atoms with Crippen molar-refractivity contribution in [3.05, 3.63) is 70.6 Å². The molecule has 2 N–H and O–H groups in total. The van der Waals surface area contributed by atoms with Crippen LogP contribution in [-0.2, 0) is 11.0 Å². The summed E-state index contributed by atoms with van der Waals surface area (Å²) >= 11 is 0.982. The van der Waals surface area contributed by atoms with Crippen molar-refractivity contribution in [3.8, 4) is 11.3 Å². The third-order valence-electron chi connectivity index (χ3n) is 3.82. The molecule has 1 heterocycles. The minimum atomic E-state index is -4.49. The number of alkyl halides is 3. The van der Waals surface area contributed by atoms with E-state index in [1.807, 2.05) is 0 Å². The summed E-state index contributed by atoms with van der Waals surface area (Å²) in [6.45, 7) is -0.520. The maximum atomic E-state index is 13.6. The van der Waals surface area contributed by atoms with E-state index in [-0.39, 0.29) is 16.4 Å².